The molecule has 1 aliphatic rings. The Bertz CT molecular complexity index is 1070. The van der Waals surface area contributed by atoms with Crippen LogP contribution in [-0.4, -0.2) is 119 Å². The number of carbonyl (C=O) groups is 1. The largest absolute Gasteiger partial charge is 0.457 e. The number of hydrogen-bond acceptors (Lipinski definition) is 12. The first-order chi connectivity index (χ1) is 19.3. The molecular weight excluding hydrogens is 524 g/mol. The van der Waals surface area contributed by atoms with Gasteiger partial charge >= 0.3 is 5.97 Å². The number of aliphatic imine (C=N–C) groups is 2. The molecular formula is C28H36N2O10. The molecule has 0 amide bonds. The first-order valence-electron chi connectivity index (χ1n) is 12.8. The van der Waals surface area contributed by atoms with E-state index in [-0.39, 0.29) is 13.1 Å². The summed E-state index contributed by atoms with van der Waals surface area (Å²) in [6.07, 6.45) is -7.89. The number of esters is 1. The summed E-state index contributed by atoms with van der Waals surface area (Å²) < 4.78 is 22.1. The predicted molar refractivity (Wildman–Crippen MR) is 144 cm³/mol. The average Bonchev–Trinajstić information content (AvgIpc) is 2.95. The molecule has 1 aliphatic heterocycles. The van der Waals surface area contributed by atoms with Gasteiger partial charge in [0.1, 0.15) is 30.5 Å². The van der Waals surface area contributed by atoms with Crippen molar-refractivity contribution in [2.45, 2.75) is 56.1 Å². The summed E-state index contributed by atoms with van der Waals surface area (Å²) >= 11 is 0. The van der Waals surface area contributed by atoms with Crippen LogP contribution in [-0.2, 0) is 23.7 Å². The SMILES string of the molecule is CC(=O)O[C@H]1[C@@H](O)[C@@H](CO)O[C@@H](O[C@H](CN=Cc2ccccc2)[C@@H](CO)O[C@H](O)CN=Cc2ccccc2)[C@@H]1O. The summed E-state index contributed by atoms with van der Waals surface area (Å²) in [5.74, 6) is -0.764. The fourth-order valence-corrected chi connectivity index (χ4v) is 4.00. The summed E-state index contributed by atoms with van der Waals surface area (Å²) in [4.78, 5) is 20.1. The van der Waals surface area contributed by atoms with Crippen molar-refractivity contribution in [3.8, 4) is 0 Å². The van der Waals surface area contributed by atoms with Crippen molar-refractivity contribution in [1.29, 1.82) is 0 Å². The second-order valence-electron chi connectivity index (χ2n) is 9.08. The Hall–Kier alpha value is -3.07. The van der Waals surface area contributed by atoms with E-state index in [0.29, 0.717) is 0 Å². The smallest absolute Gasteiger partial charge is 0.303 e. The maximum absolute atomic E-state index is 11.6. The van der Waals surface area contributed by atoms with Crippen LogP contribution >= 0.6 is 0 Å². The van der Waals surface area contributed by atoms with Gasteiger partial charge in [-0.1, -0.05) is 60.7 Å². The predicted octanol–water partition coefficient (Wildman–Crippen LogP) is -0.324. The molecule has 12 nitrogen and oxygen atoms in total. The third kappa shape index (κ3) is 9.54. The summed E-state index contributed by atoms with van der Waals surface area (Å²) in [6.45, 7) is -0.386. The standard InChI is InChI=1S/C28H36N2O10/c1-18(33)37-27-25(35)23(17-32)40-28(26(27)36)39-21(14-29-12-19-8-4-2-5-9-19)22(16-31)38-24(34)15-30-13-20-10-6-3-7-11-20/h2-13,21-28,31-32,34-36H,14-17H2,1H3/t21-,22-,23-,24+,25+,26-,27+,28-/m1/s1. The highest BCUT2D eigenvalue weighted by molar-refractivity contribution is 5.79. The minimum Gasteiger partial charge on any atom is -0.457 e. The molecule has 40 heavy (non-hydrogen) atoms. The zero-order chi connectivity index (χ0) is 28.9. The van der Waals surface area contributed by atoms with Crippen molar-refractivity contribution >= 4 is 18.4 Å². The van der Waals surface area contributed by atoms with Crippen LogP contribution in [0.15, 0.2) is 70.6 Å². The molecule has 0 unspecified atom stereocenters. The van der Waals surface area contributed by atoms with Gasteiger partial charge in [0.2, 0.25) is 0 Å². The van der Waals surface area contributed by atoms with Crippen LogP contribution in [0.5, 0.6) is 0 Å². The number of ether oxygens (including phenoxy) is 4. The van der Waals surface area contributed by atoms with E-state index in [1.54, 1.807) is 12.4 Å². The molecule has 0 saturated carbocycles. The van der Waals surface area contributed by atoms with Gasteiger partial charge in [-0.25, -0.2) is 0 Å². The van der Waals surface area contributed by atoms with E-state index in [1.807, 2.05) is 60.7 Å². The summed E-state index contributed by atoms with van der Waals surface area (Å²) in [6, 6.07) is 18.4. The lowest BCUT2D eigenvalue weighted by Crippen LogP contribution is -2.61. The van der Waals surface area contributed by atoms with E-state index in [2.05, 4.69) is 9.98 Å². The molecule has 1 saturated heterocycles. The van der Waals surface area contributed by atoms with Crippen molar-refractivity contribution in [3.05, 3.63) is 71.8 Å². The molecule has 0 radical (unpaired) electrons. The Morgan fingerprint density at radius 1 is 0.925 bits per heavy atom. The first-order valence-corrected chi connectivity index (χ1v) is 12.8. The number of aliphatic hydroxyl groups is 5. The minimum absolute atomic E-state index is 0.0999. The Morgan fingerprint density at radius 2 is 1.50 bits per heavy atom. The molecule has 8 atom stereocenters. The van der Waals surface area contributed by atoms with Crippen molar-refractivity contribution in [1.82, 2.24) is 0 Å². The van der Waals surface area contributed by atoms with E-state index < -0.39 is 68.4 Å². The second-order valence-corrected chi connectivity index (χ2v) is 9.08. The van der Waals surface area contributed by atoms with E-state index in [1.165, 1.54) is 0 Å². The molecule has 3 rings (SSSR count). The van der Waals surface area contributed by atoms with Crippen molar-refractivity contribution in [2.75, 3.05) is 26.3 Å². The minimum atomic E-state index is -1.65. The number of nitrogens with zero attached hydrogens (tertiary/aromatic N) is 2. The van der Waals surface area contributed by atoms with Crippen LogP contribution < -0.4 is 0 Å². The van der Waals surface area contributed by atoms with Crippen LogP contribution in [0.25, 0.3) is 0 Å². The van der Waals surface area contributed by atoms with Crippen molar-refractivity contribution < 1.29 is 49.3 Å². The summed E-state index contributed by atoms with van der Waals surface area (Å²) in [5, 5.41) is 51.4. The first kappa shape index (κ1) is 31.5. The average molecular weight is 561 g/mol. The van der Waals surface area contributed by atoms with Crippen LogP contribution in [0.1, 0.15) is 18.1 Å². The lowest BCUT2D eigenvalue weighted by atomic mass is 9.99. The van der Waals surface area contributed by atoms with Gasteiger partial charge in [0.15, 0.2) is 18.7 Å². The molecule has 0 bridgehead atoms. The monoisotopic (exact) mass is 560 g/mol. The highest BCUT2D eigenvalue weighted by atomic mass is 16.7. The quantitative estimate of drug-likeness (QED) is 0.117. The lowest BCUT2D eigenvalue weighted by Gasteiger charge is -2.42. The van der Waals surface area contributed by atoms with E-state index in [9.17, 15) is 30.3 Å². The summed E-state index contributed by atoms with van der Waals surface area (Å²) in [5.41, 5.74) is 1.63. The molecule has 218 valence electrons. The maximum Gasteiger partial charge on any atom is 0.303 e. The molecule has 5 N–H and O–H groups in total. The molecule has 0 aliphatic carbocycles. The van der Waals surface area contributed by atoms with E-state index in [4.69, 9.17) is 18.9 Å². The van der Waals surface area contributed by atoms with Gasteiger partial charge in [0.05, 0.1) is 26.3 Å². The summed E-state index contributed by atoms with van der Waals surface area (Å²) in [7, 11) is 0. The number of rotatable bonds is 14. The van der Waals surface area contributed by atoms with Crippen LogP contribution in [0, 0.1) is 0 Å². The third-order valence-corrected chi connectivity index (χ3v) is 5.99. The fraction of sp³-hybridized carbons (Fsp3) is 0.464. The molecule has 1 heterocycles. The van der Waals surface area contributed by atoms with Gasteiger partial charge in [-0.15, -0.1) is 0 Å². The molecule has 0 aromatic heterocycles. The number of aliphatic hydroxyl groups excluding tert-OH is 5. The van der Waals surface area contributed by atoms with E-state index in [0.717, 1.165) is 18.1 Å². The van der Waals surface area contributed by atoms with Gasteiger partial charge < -0.3 is 44.5 Å². The molecule has 2 aromatic rings. The maximum atomic E-state index is 11.6. The molecule has 12 heteroatoms. The highest BCUT2D eigenvalue weighted by Gasteiger charge is 2.48. The lowest BCUT2D eigenvalue weighted by molar-refractivity contribution is -0.322. The molecule has 0 spiro atoms. The number of benzene rings is 2. The zero-order valence-corrected chi connectivity index (χ0v) is 22.0. The fourth-order valence-electron chi connectivity index (χ4n) is 4.00. The second kappa shape index (κ2) is 16.3. The van der Waals surface area contributed by atoms with Gasteiger partial charge in [-0.05, 0) is 11.1 Å². The van der Waals surface area contributed by atoms with Gasteiger partial charge in [-0.2, -0.15) is 0 Å². The molecule has 1 fully saturated rings. The highest BCUT2D eigenvalue weighted by Crippen LogP contribution is 2.26. The Morgan fingerprint density at radius 3 is 2.02 bits per heavy atom. The van der Waals surface area contributed by atoms with E-state index >= 15 is 0 Å². The Kier molecular flexibility index (Phi) is 12.8. The Labute approximate surface area is 232 Å². The third-order valence-electron chi connectivity index (χ3n) is 5.99. The zero-order valence-electron chi connectivity index (χ0n) is 22.0. The normalized spacial score (nSPS) is 25.6. The van der Waals surface area contributed by atoms with Gasteiger partial charge in [0.25, 0.3) is 0 Å². The Balaban J connectivity index is 1.75. The van der Waals surface area contributed by atoms with Crippen LogP contribution in [0.4, 0.5) is 0 Å². The van der Waals surface area contributed by atoms with Gasteiger partial charge in [-0.3, -0.25) is 14.8 Å². The number of carbonyl (C=O) groups excluding carboxylic acids is 1. The van der Waals surface area contributed by atoms with Crippen LogP contribution in [0.3, 0.4) is 0 Å². The topological polar surface area (TPSA) is 180 Å². The van der Waals surface area contributed by atoms with Crippen LogP contribution in [0.2, 0.25) is 0 Å². The molecule has 2 aromatic carbocycles. The van der Waals surface area contributed by atoms with Crippen molar-refractivity contribution in [2.24, 2.45) is 9.98 Å². The number of hydrogen-bond donors (Lipinski definition) is 5. The van der Waals surface area contributed by atoms with Crippen molar-refractivity contribution in [3.63, 3.8) is 0 Å². The van der Waals surface area contributed by atoms with Gasteiger partial charge in [0, 0.05) is 19.4 Å².